The van der Waals surface area contributed by atoms with E-state index in [1.54, 1.807) is 20.5 Å². The van der Waals surface area contributed by atoms with Crippen molar-refractivity contribution in [3.8, 4) is 17.0 Å². The van der Waals surface area contributed by atoms with Gasteiger partial charge in [0.05, 0.1) is 29.8 Å². The predicted octanol–water partition coefficient (Wildman–Crippen LogP) is 5.51. The molecule has 1 fully saturated rings. The number of aryl methyl sites for hydroxylation is 2. The highest BCUT2D eigenvalue weighted by atomic mass is 35.5. The number of hydrogen-bond donors (Lipinski definition) is 2. The highest BCUT2D eigenvalue weighted by molar-refractivity contribution is 6.31. The molecular weight excluding hydrogens is 495 g/mol. The minimum Gasteiger partial charge on any atom is -0.496 e. The van der Waals surface area contributed by atoms with E-state index in [9.17, 15) is 9.18 Å². The molecule has 0 bridgehead atoms. The standard InChI is InChI=1S/C27H28ClFN6O2/c1-34-13-22(31-14-34)16-6-8-19(23(11-16)37-3)15-4-5-17(10-15)25-24(26(30)35(2)33-25)27(36)32-18-7-9-21(29)20(28)12-18/h6-9,11-15,17H,4-5,10,30H2,1-3H3,(H,32,36)/t15-,17+/m0/s1. The summed E-state index contributed by atoms with van der Waals surface area (Å²) in [5.41, 5.74) is 10.7. The average Bonchev–Trinajstić information content (AvgIpc) is 3.60. The molecule has 5 rings (SSSR count). The summed E-state index contributed by atoms with van der Waals surface area (Å²) in [7, 11) is 5.34. The van der Waals surface area contributed by atoms with Crippen LogP contribution < -0.4 is 15.8 Å². The molecule has 37 heavy (non-hydrogen) atoms. The zero-order valence-electron chi connectivity index (χ0n) is 20.8. The maximum Gasteiger partial charge on any atom is 0.261 e. The minimum atomic E-state index is -0.554. The lowest BCUT2D eigenvalue weighted by Gasteiger charge is -2.16. The lowest BCUT2D eigenvalue weighted by atomic mass is 9.92. The Labute approximate surface area is 219 Å². The number of nitrogens with one attached hydrogen (secondary N) is 1. The second-order valence-corrected chi connectivity index (χ2v) is 9.85. The van der Waals surface area contributed by atoms with Gasteiger partial charge < -0.3 is 20.4 Å². The van der Waals surface area contributed by atoms with E-state index >= 15 is 0 Å². The third kappa shape index (κ3) is 4.79. The number of imidazole rings is 1. The second-order valence-electron chi connectivity index (χ2n) is 9.44. The zero-order valence-corrected chi connectivity index (χ0v) is 21.6. The van der Waals surface area contributed by atoms with Crippen LogP contribution in [0.3, 0.4) is 0 Å². The number of ether oxygens (including phenoxy) is 1. The molecule has 8 nitrogen and oxygen atoms in total. The Morgan fingerprint density at radius 1 is 1.19 bits per heavy atom. The number of carbonyl (C=O) groups is 1. The van der Waals surface area contributed by atoms with Crippen molar-refractivity contribution in [1.82, 2.24) is 19.3 Å². The van der Waals surface area contributed by atoms with Crippen LogP contribution in [0.25, 0.3) is 11.3 Å². The SMILES string of the molecule is COc1cc(-c2cn(C)cn2)ccc1[C@H]1CC[C@@H](c2nn(C)c(N)c2C(=O)Nc2ccc(F)c(Cl)c2)C1. The van der Waals surface area contributed by atoms with Gasteiger partial charge in [-0.2, -0.15) is 5.10 Å². The third-order valence-corrected chi connectivity index (χ3v) is 7.31. The highest BCUT2D eigenvalue weighted by Crippen LogP contribution is 2.47. The number of nitrogen functional groups attached to an aromatic ring is 1. The van der Waals surface area contributed by atoms with Crippen LogP contribution in [0.5, 0.6) is 5.75 Å². The molecule has 2 atom stereocenters. The third-order valence-electron chi connectivity index (χ3n) is 7.02. The highest BCUT2D eigenvalue weighted by Gasteiger charge is 2.34. The number of aromatic nitrogens is 4. The van der Waals surface area contributed by atoms with Crippen LogP contribution in [0.2, 0.25) is 5.02 Å². The molecule has 0 saturated heterocycles. The number of nitrogens with two attached hydrogens (primary N) is 1. The van der Waals surface area contributed by atoms with Gasteiger partial charge in [0.1, 0.15) is 22.9 Å². The molecular formula is C27H28ClFN6O2. The summed E-state index contributed by atoms with van der Waals surface area (Å²) in [4.78, 5) is 17.7. The van der Waals surface area contributed by atoms with E-state index in [0.29, 0.717) is 16.9 Å². The molecule has 0 spiro atoms. The Bertz CT molecular complexity index is 1480. The number of rotatable bonds is 6. The number of amides is 1. The van der Waals surface area contributed by atoms with Crippen molar-refractivity contribution in [3.63, 3.8) is 0 Å². The van der Waals surface area contributed by atoms with Crippen molar-refractivity contribution in [2.45, 2.75) is 31.1 Å². The number of halogens is 2. The van der Waals surface area contributed by atoms with Gasteiger partial charge in [0.15, 0.2) is 0 Å². The number of methoxy groups -OCH3 is 1. The molecule has 1 saturated carbocycles. The molecule has 4 aromatic rings. The summed E-state index contributed by atoms with van der Waals surface area (Å²) in [5.74, 6) is 0.437. The maximum absolute atomic E-state index is 13.5. The number of anilines is 2. The van der Waals surface area contributed by atoms with E-state index in [1.165, 1.54) is 22.9 Å². The van der Waals surface area contributed by atoms with Crippen molar-refractivity contribution in [3.05, 3.63) is 76.6 Å². The van der Waals surface area contributed by atoms with Gasteiger partial charge in [-0.3, -0.25) is 9.48 Å². The van der Waals surface area contributed by atoms with E-state index in [-0.39, 0.29) is 22.7 Å². The average molecular weight is 523 g/mol. The van der Waals surface area contributed by atoms with Gasteiger partial charge in [-0.1, -0.05) is 23.7 Å². The van der Waals surface area contributed by atoms with Gasteiger partial charge in [-0.05, 0) is 55.0 Å². The second kappa shape index (κ2) is 9.89. The lowest BCUT2D eigenvalue weighted by molar-refractivity contribution is 0.102. The van der Waals surface area contributed by atoms with E-state index in [0.717, 1.165) is 41.8 Å². The van der Waals surface area contributed by atoms with Crippen LogP contribution in [0.15, 0.2) is 48.9 Å². The van der Waals surface area contributed by atoms with Crippen LogP contribution in [0.4, 0.5) is 15.9 Å². The minimum absolute atomic E-state index is 0.0474. The van der Waals surface area contributed by atoms with Crippen LogP contribution in [-0.2, 0) is 14.1 Å². The number of hydrogen-bond acceptors (Lipinski definition) is 5. The lowest BCUT2D eigenvalue weighted by Crippen LogP contribution is -2.16. The Morgan fingerprint density at radius 2 is 1.97 bits per heavy atom. The molecule has 10 heteroatoms. The number of nitrogens with zero attached hydrogens (tertiary/aromatic N) is 4. The van der Waals surface area contributed by atoms with Gasteiger partial charge in [-0.15, -0.1) is 0 Å². The Hall–Kier alpha value is -3.85. The van der Waals surface area contributed by atoms with Gasteiger partial charge in [0, 0.05) is 37.5 Å². The first-order valence-corrected chi connectivity index (χ1v) is 12.4. The zero-order chi connectivity index (χ0) is 26.3. The molecule has 0 aliphatic heterocycles. The van der Waals surface area contributed by atoms with Crippen LogP contribution in [0.1, 0.15) is 52.7 Å². The molecule has 0 radical (unpaired) electrons. The molecule has 2 heterocycles. The summed E-state index contributed by atoms with van der Waals surface area (Å²) in [6.45, 7) is 0. The van der Waals surface area contributed by atoms with Gasteiger partial charge in [0.25, 0.3) is 5.91 Å². The molecule has 2 aromatic carbocycles. The Kier molecular flexibility index (Phi) is 6.64. The maximum atomic E-state index is 13.5. The van der Waals surface area contributed by atoms with E-state index in [4.69, 9.17) is 22.1 Å². The summed E-state index contributed by atoms with van der Waals surface area (Å²) in [5, 5.41) is 7.32. The molecule has 0 unspecified atom stereocenters. The van der Waals surface area contributed by atoms with E-state index < -0.39 is 11.7 Å². The molecule has 1 amide bonds. The quantitative estimate of drug-likeness (QED) is 0.348. The fourth-order valence-corrected chi connectivity index (χ4v) is 5.31. The van der Waals surface area contributed by atoms with Crippen molar-refractivity contribution < 1.29 is 13.9 Å². The summed E-state index contributed by atoms with van der Waals surface area (Å²) < 4.78 is 22.7. The first-order valence-electron chi connectivity index (χ1n) is 12.0. The van der Waals surface area contributed by atoms with Gasteiger partial charge >= 0.3 is 0 Å². The molecule has 2 aromatic heterocycles. The van der Waals surface area contributed by atoms with Crippen molar-refractivity contribution >= 4 is 29.0 Å². The summed E-state index contributed by atoms with van der Waals surface area (Å²) in [6, 6.07) is 10.2. The predicted molar refractivity (Wildman–Crippen MR) is 142 cm³/mol. The van der Waals surface area contributed by atoms with Crippen molar-refractivity contribution in [2.24, 2.45) is 14.1 Å². The van der Waals surface area contributed by atoms with Gasteiger partial charge in [-0.25, -0.2) is 9.37 Å². The number of benzene rings is 2. The Balaban J connectivity index is 1.39. The van der Waals surface area contributed by atoms with E-state index in [1.807, 2.05) is 23.9 Å². The molecule has 1 aliphatic rings. The monoisotopic (exact) mass is 522 g/mol. The Morgan fingerprint density at radius 3 is 2.68 bits per heavy atom. The summed E-state index contributed by atoms with van der Waals surface area (Å²) >= 11 is 5.88. The first kappa shape index (κ1) is 24.8. The largest absolute Gasteiger partial charge is 0.496 e. The number of carbonyl (C=O) groups excluding carboxylic acids is 1. The van der Waals surface area contributed by atoms with Crippen LogP contribution in [0, 0.1) is 5.82 Å². The van der Waals surface area contributed by atoms with Gasteiger partial charge in [0.2, 0.25) is 0 Å². The van der Waals surface area contributed by atoms with Crippen LogP contribution >= 0.6 is 11.6 Å². The van der Waals surface area contributed by atoms with Crippen molar-refractivity contribution in [2.75, 3.05) is 18.2 Å². The van der Waals surface area contributed by atoms with E-state index in [2.05, 4.69) is 27.5 Å². The smallest absolute Gasteiger partial charge is 0.261 e. The normalized spacial score (nSPS) is 17.2. The molecule has 192 valence electrons. The fourth-order valence-electron chi connectivity index (χ4n) is 5.13. The van der Waals surface area contributed by atoms with Crippen molar-refractivity contribution in [1.29, 1.82) is 0 Å². The fraction of sp³-hybridized carbons (Fsp3) is 0.296. The summed E-state index contributed by atoms with van der Waals surface area (Å²) in [6.07, 6.45) is 6.33. The first-order chi connectivity index (χ1) is 17.7. The molecule has 1 aliphatic carbocycles. The van der Waals surface area contributed by atoms with Crippen LogP contribution in [-0.4, -0.2) is 32.3 Å². The topological polar surface area (TPSA) is 100.0 Å². The molecule has 3 N–H and O–H groups in total.